The summed E-state index contributed by atoms with van der Waals surface area (Å²) in [6.45, 7) is 2.97. The molecule has 1 rings (SSSR count). The summed E-state index contributed by atoms with van der Waals surface area (Å²) in [6, 6.07) is 8.01. The lowest BCUT2D eigenvalue weighted by Gasteiger charge is -2.04. The fraction of sp³-hybridized carbons (Fsp3) is 0.462. The van der Waals surface area contributed by atoms with Gasteiger partial charge in [0.25, 0.3) is 0 Å². The highest BCUT2D eigenvalue weighted by molar-refractivity contribution is 8.13. The number of nitrogens with zero attached hydrogens (tertiary/aromatic N) is 1. The molecular weight excluding hydrogens is 232 g/mol. The average molecular weight is 252 g/mol. The monoisotopic (exact) mass is 252 g/mol. The van der Waals surface area contributed by atoms with E-state index in [2.05, 4.69) is 18.0 Å². The zero-order valence-electron chi connectivity index (χ0n) is 10.5. The van der Waals surface area contributed by atoms with Gasteiger partial charge in [-0.2, -0.15) is 0 Å². The molecule has 0 aromatic heterocycles. The second-order valence-corrected chi connectivity index (χ2v) is 4.71. The standard InChI is InChI=1S/C13H20N2OS/c1-3-4-8-15-13(14)17-10-11-6-5-7-12(9-11)16-2/h5-7,9H,3-4,8,10H2,1-2H3,(H2,14,15). The van der Waals surface area contributed by atoms with Crippen LogP contribution in [0.4, 0.5) is 0 Å². The SMILES string of the molecule is CCCCN=C(N)SCc1cccc(OC)c1. The molecule has 0 aliphatic carbocycles. The third-order valence-electron chi connectivity index (χ3n) is 2.30. The molecule has 0 heterocycles. The number of ether oxygens (including phenoxy) is 1. The Morgan fingerprint density at radius 1 is 1.47 bits per heavy atom. The number of rotatable bonds is 6. The quantitative estimate of drug-likeness (QED) is 0.481. The van der Waals surface area contributed by atoms with Crippen LogP contribution >= 0.6 is 11.8 Å². The Hall–Kier alpha value is -1.16. The van der Waals surface area contributed by atoms with Crippen molar-refractivity contribution in [1.29, 1.82) is 0 Å². The molecule has 0 aliphatic rings. The third-order valence-corrected chi connectivity index (χ3v) is 3.20. The molecule has 0 unspecified atom stereocenters. The second kappa shape index (κ2) is 8.01. The van der Waals surface area contributed by atoms with Crippen molar-refractivity contribution >= 4 is 16.9 Å². The highest BCUT2D eigenvalue weighted by Crippen LogP contribution is 2.17. The van der Waals surface area contributed by atoms with E-state index < -0.39 is 0 Å². The van der Waals surface area contributed by atoms with Crippen molar-refractivity contribution in [2.24, 2.45) is 10.7 Å². The molecule has 0 fully saturated rings. The number of amidine groups is 1. The van der Waals surface area contributed by atoms with Crippen molar-refractivity contribution < 1.29 is 4.74 Å². The van der Waals surface area contributed by atoms with E-state index in [4.69, 9.17) is 10.5 Å². The van der Waals surface area contributed by atoms with Crippen LogP contribution in [0.1, 0.15) is 25.3 Å². The molecule has 3 nitrogen and oxygen atoms in total. The molecule has 2 N–H and O–H groups in total. The van der Waals surface area contributed by atoms with Crippen LogP contribution in [0.15, 0.2) is 29.3 Å². The lowest BCUT2D eigenvalue weighted by atomic mass is 10.2. The van der Waals surface area contributed by atoms with E-state index in [1.54, 1.807) is 18.9 Å². The molecule has 0 spiro atoms. The maximum atomic E-state index is 5.81. The molecule has 0 saturated carbocycles. The molecule has 1 aromatic carbocycles. The normalized spacial score (nSPS) is 11.5. The van der Waals surface area contributed by atoms with E-state index in [0.717, 1.165) is 30.9 Å². The molecule has 0 saturated heterocycles. The van der Waals surface area contributed by atoms with Crippen LogP contribution in [0.5, 0.6) is 5.75 Å². The van der Waals surface area contributed by atoms with E-state index in [-0.39, 0.29) is 0 Å². The summed E-state index contributed by atoms with van der Waals surface area (Å²) < 4.78 is 5.17. The molecule has 4 heteroatoms. The largest absolute Gasteiger partial charge is 0.497 e. The van der Waals surface area contributed by atoms with Gasteiger partial charge in [-0.1, -0.05) is 37.2 Å². The van der Waals surface area contributed by atoms with Crippen molar-refractivity contribution in [2.75, 3.05) is 13.7 Å². The predicted molar refractivity (Wildman–Crippen MR) is 75.7 cm³/mol. The highest BCUT2D eigenvalue weighted by atomic mass is 32.2. The Morgan fingerprint density at radius 2 is 2.29 bits per heavy atom. The molecular formula is C13H20N2OS. The molecule has 0 radical (unpaired) electrons. The third kappa shape index (κ3) is 5.63. The van der Waals surface area contributed by atoms with Crippen molar-refractivity contribution in [3.8, 4) is 5.75 Å². The first-order valence-electron chi connectivity index (χ1n) is 5.82. The average Bonchev–Trinajstić information content (AvgIpc) is 2.37. The van der Waals surface area contributed by atoms with Gasteiger partial charge in [-0.15, -0.1) is 0 Å². The number of methoxy groups -OCH3 is 1. The first-order valence-corrected chi connectivity index (χ1v) is 6.80. The van der Waals surface area contributed by atoms with Gasteiger partial charge >= 0.3 is 0 Å². The lowest BCUT2D eigenvalue weighted by Crippen LogP contribution is -2.07. The van der Waals surface area contributed by atoms with Crippen LogP contribution in [0.3, 0.4) is 0 Å². The summed E-state index contributed by atoms with van der Waals surface area (Å²) in [5, 5.41) is 0.668. The van der Waals surface area contributed by atoms with E-state index in [0.29, 0.717) is 5.17 Å². The molecule has 0 bridgehead atoms. The van der Waals surface area contributed by atoms with Crippen molar-refractivity contribution in [3.63, 3.8) is 0 Å². The Morgan fingerprint density at radius 3 is 3.00 bits per heavy atom. The van der Waals surface area contributed by atoms with Gasteiger partial charge in [-0.3, -0.25) is 4.99 Å². The zero-order chi connectivity index (χ0) is 12.5. The van der Waals surface area contributed by atoms with Crippen LogP contribution in [-0.2, 0) is 5.75 Å². The molecule has 17 heavy (non-hydrogen) atoms. The number of hydrogen-bond donors (Lipinski definition) is 1. The summed E-state index contributed by atoms with van der Waals surface area (Å²) in [5.74, 6) is 1.71. The van der Waals surface area contributed by atoms with Gasteiger partial charge < -0.3 is 10.5 Å². The Labute approximate surface area is 107 Å². The Bertz CT molecular complexity index is 366. The number of thioether (sulfide) groups is 1. The van der Waals surface area contributed by atoms with Gasteiger partial charge in [-0.05, 0) is 24.1 Å². The topological polar surface area (TPSA) is 47.6 Å². The van der Waals surface area contributed by atoms with E-state index >= 15 is 0 Å². The Kier molecular flexibility index (Phi) is 6.55. The molecule has 1 aromatic rings. The van der Waals surface area contributed by atoms with Gasteiger partial charge in [-0.25, -0.2) is 0 Å². The molecule has 94 valence electrons. The van der Waals surface area contributed by atoms with Crippen molar-refractivity contribution in [1.82, 2.24) is 0 Å². The maximum Gasteiger partial charge on any atom is 0.154 e. The summed E-state index contributed by atoms with van der Waals surface area (Å²) in [5.41, 5.74) is 7.01. The number of hydrogen-bond acceptors (Lipinski definition) is 3. The first-order chi connectivity index (χ1) is 8.26. The minimum absolute atomic E-state index is 0.668. The zero-order valence-corrected chi connectivity index (χ0v) is 11.3. The van der Waals surface area contributed by atoms with Crippen LogP contribution in [0.2, 0.25) is 0 Å². The van der Waals surface area contributed by atoms with Gasteiger partial charge in [0.15, 0.2) is 5.17 Å². The first kappa shape index (κ1) is 13.9. The van der Waals surface area contributed by atoms with Crippen LogP contribution in [0, 0.1) is 0 Å². The van der Waals surface area contributed by atoms with Gasteiger partial charge in [0.2, 0.25) is 0 Å². The number of nitrogens with two attached hydrogens (primary N) is 1. The van der Waals surface area contributed by atoms with Gasteiger partial charge in [0.1, 0.15) is 5.75 Å². The molecule has 0 aliphatic heterocycles. The smallest absolute Gasteiger partial charge is 0.154 e. The van der Waals surface area contributed by atoms with Gasteiger partial charge in [0.05, 0.1) is 7.11 Å². The number of aliphatic imine (C=N–C) groups is 1. The fourth-order valence-electron chi connectivity index (χ4n) is 1.31. The predicted octanol–water partition coefficient (Wildman–Crippen LogP) is 3.04. The molecule has 0 amide bonds. The second-order valence-electron chi connectivity index (χ2n) is 3.71. The highest BCUT2D eigenvalue weighted by Gasteiger charge is 1.98. The Balaban J connectivity index is 2.41. The maximum absolute atomic E-state index is 5.81. The minimum atomic E-state index is 0.668. The van der Waals surface area contributed by atoms with E-state index in [9.17, 15) is 0 Å². The summed E-state index contributed by atoms with van der Waals surface area (Å²) in [4.78, 5) is 4.30. The van der Waals surface area contributed by atoms with Crippen molar-refractivity contribution in [3.05, 3.63) is 29.8 Å². The number of unbranched alkanes of at least 4 members (excludes halogenated alkanes) is 1. The lowest BCUT2D eigenvalue weighted by molar-refractivity contribution is 0.414. The van der Waals surface area contributed by atoms with Crippen molar-refractivity contribution in [2.45, 2.75) is 25.5 Å². The number of benzene rings is 1. The summed E-state index contributed by atoms with van der Waals surface area (Å²) in [6.07, 6.45) is 2.25. The van der Waals surface area contributed by atoms with Crippen LogP contribution in [0.25, 0.3) is 0 Å². The minimum Gasteiger partial charge on any atom is -0.497 e. The summed E-state index contributed by atoms with van der Waals surface area (Å²) in [7, 11) is 1.67. The van der Waals surface area contributed by atoms with Crippen LogP contribution in [-0.4, -0.2) is 18.8 Å². The van der Waals surface area contributed by atoms with Gasteiger partial charge in [0, 0.05) is 12.3 Å². The van der Waals surface area contributed by atoms with E-state index in [1.807, 2.05) is 18.2 Å². The fourth-order valence-corrected chi connectivity index (χ4v) is 1.99. The molecule has 0 atom stereocenters. The van der Waals surface area contributed by atoms with Crippen LogP contribution < -0.4 is 10.5 Å². The summed E-state index contributed by atoms with van der Waals surface area (Å²) >= 11 is 1.57. The van der Waals surface area contributed by atoms with E-state index in [1.165, 1.54) is 5.56 Å².